The number of thiocarbonyl (C=S) groups is 1. The third-order valence-electron chi connectivity index (χ3n) is 2.84. The van der Waals surface area contributed by atoms with E-state index in [0.29, 0.717) is 28.3 Å². The van der Waals surface area contributed by atoms with Gasteiger partial charge in [0.15, 0.2) is 11.5 Å². The Bertz CT molecular complexity index is 473. The van der Waals surface area contributed by atoms with Gasteiger partial charge >= 0.3 is 0 Å². The van der Waals surface area contributed by atoms with Crippen LogP contribution in [0.2, 0.25) is 5.02 Å². The van der Waals surface area contributed by atoms with Crippen LogP contribution in [-0.4, -0.2) is 29.8 Å². The van der Waals surface area contributed by atoms with Crippen molar-refractivity contribution in [3.63, 3.8) is 0 Å². The maximum atomic E-state index is 6.11. The molecular weight excluding hydrogens is 282 g/mol. The second-order valence-corrected chi connectivity index (χ2v) is 4.99. The summed E-state index contributed by atoms with van der Waals surface area (Å²) in [6.45, 7) is 5.88. The van der Waals surface area contributed by atoms with Crippen LogP contribution in [0.1, 0.15) is 12.8 Å². The van der Waals surface area contributed by atoms with Gasteiger partial charge in [-0.3, -0.25) is 0 Å². The minimum atomic E-state index is 0.372. The molecule has 0 amide bonds. The van der Waals surface area contributed by atoms with E-state index in [1.165, 1.54) is 0 Å². The number of hydrogen-bond acceptors (Lipinski definition) is 3. The minimum Gasteiger partial charge on any atom is -0.484 e. The Hall–Kier alpha value is -1.26. The summed E-state index contributed by atoms with van der Waals surface area (Å²) in [5, 5.41) is 0.979. The van der Waals surface area contributed by atoms with Crippen molar-refractivity contribution in [1.29, 1.82) is 0 Å². The first-order valence-corrected chi connectivity index (χ1v) is 7.00. The van der Waals surface area contributed by atoms with Crippen LogP contribution in [0.5, 0.6) is 11.5 Å². The molecule has 0 bridgehead atoms. The largest absolute Gasteiger partial charge is 0.484 e. The van der Waals surface area contributed by atoms with E-state index in [1.54, 1.807) is 18.2 Å². The molecule has 102 valence electrons. The van der Waals surface area contributed by atoms with Crippen LogP contribution in [0.15, 0.2) is 30.9 Å². The third-order valence-corrected chi connectivity index (χ3v) is 3.48. The lowest BCUT2D eigenvalue weighted by molar-refractivity contribution is 0.337. The third kappa shape index (κ3) is 3.61. The first-order valence-electron chi connectivity index (χ1n) is 6.21. The van der Waals surface area contributed by atoms with Gasteiger partial charge in [-0.15, -0.1) is 0 Å². The Morgan fingerprint density at radius 2 is 2.16 bits per heavy atom. The van der Waals surface area contributed by atoms with Crippen molar-refractivity contribution in [2.75, 3.05) is 19.7 Å². The quantitative estimate of drug-likeness (QED) is 0.624. The molecule has 0 N–H and O–H groups in total. The predicted octanol–water partition coefficient (Wildman–Crippen LogP) is 3.66. The van der Waals surface area contributed by atoms with Gasteiger partial charge in [-0.2, -0.15) is 0 Å². The van der Waals surface area contributed by atoms with Crippen molar-refractivity contribution in [1.82, 2.24) is 4.90 Å². The number of nitrogens with zero attached hydrogens (tertiary/aromatic N) is 1. The molecule has 0 spiro atoms. The Morgan fingerprint density at radius 3 is 2.84 bits per heavy atom. The highest BCUT2D eigenvalue weighted by Crippen LogP contribution is 2.35. The van der Waals surface area contributed by atoms with Crippen molar-refractivity contribution in [3.05, 3.63) is 35.9 Å². The van der Waals surface area contributed by atoms with E-state index in [4.69, 9.17) is 33.3 Å². The van der Waals surface area contributed by atoms with Gasteiger partial charge < -0.3 is 14.4 Å². The highest BCUT2D eigenvalue weighted by atomic mass is 35.5. The molecule has 0 aromatic heterocycles. The first kappa shape index (κ1) is 14.2. The summed E-state index contributed by atoms with van der Waals surface area (Å²) in [6.07, 6.45) is 3.96. The zero-order valence-corrected chi connectivity index (χ0v) is 12.2. The number of likely N-dealkylation sites (tertiary alicyclic amines) is 1. The number of para-hydroxylation sites is 1. The van der Waals surface area contributed by atoms with Gasteiger partial charge in [0.25, 0.3) is 5.17 Å². The average molecular weight is 298 g/mol. The Balaban J connectivity index is 2.11. The predicted molar refractivity (Wildman–Crippen MR) is 81.2 cm³/mol. The number of hydrogen-bond donors (Lipinski definition) is 0. The summed E-state index contributed by atoms with van der Waals surface area (Å²) >= 11 is 11.4. The van der Waals surface area contributed by atoms with E-state index in [2.05, 4.69) is 6.58 Å². The summed E-state index contributed by atoms with van der Waals surface area (Å²) in [5.74, 6) is 1.05. The van der Waals surface area contributed by atoms with Crippen LogP contribution in [0.3, 0.4) is 0 Å². The van der Waals surface area contributed by atoms with E-state index in [-0.39, 0.29) is 0 Å². The van der Waals surface area contributed by atoms with Crippen LogP contribution in [0.4, 0.5) is 0 Å². The fraction of sp³-hybridized carbons (Fsp3) is 0.357. The lowest BCUT2D eigenvalue weighted by Crippen LogP contribution is -2.30. The van der Waals surface area contributed by atoms with Crippen molar-refractivity contribution in [2.45, 2.75) is 12.8 Å². The van der Waals surface area contributed by atoms with Crippen LogP contribution < -0.4 is 9.47 Å². The van der Waals surface area contributed by atoms with Crippen molar-refractivity contribution >= 4 is 29.0 Å². The second kappa shape index (κ2) is 6.78. The second-order valence-electron chi connectivity index (χ2n) is 4.23. The van der Waals surface area contributed by atoms with E-state index in [1.807, 2.05) is 11.0 Å². The molecule has 1 fully saturated rings. The highest BCUT2D eigenvalue weighted by Gasteiger charge is 2.18. The van der Waals surface area contributed by atoms with E-state index >= 15 is 0 Å². The molecular formula is C14H16ClNO2S. The molecule has 0 aliphatic carbocycles. The summed E-state index contributed by atoms with van der Waals surface area (Å²) in [7, 11) is 0. The molecule has 1 aliphatic rings. The van der Waals surface area contributed by atoms with Crippen LogP contribution >= 0.6 is 23.8 Å². The first-order chi connectivity index (χ1) is 9.22. The topological polar surface area (TPSA) is 21.7 Å². The molecule has 3 nitrogen and oxygen atoms in total. The van der Waals surface area contributed by atoms with Crippen LogP contribution in [0, 0.1) is 0 Å². The molecule has 5 heteroatoms. The van der Waals surface area contributed by atoms with Gasteiger partial charge in [0, 0.05) is 13.1 Å². The summed E-state index contributed by atoms with van der Waals surface area (Å²) in [5.41, 5.74) is 0. The van der Waals surface area contributed by atoms with Crippen LogP contribution in [-0.2, 0) is 0 Å². The average Bonchev–Trinajstić information content (AvgIpc) is 2.92. The van der Waals surface area contributed by atoms with Gasteiger partial charge in [0.05, 0.1) is 5.02 Å². The molecule has 0 saturated carbocycles. The maximum absolute atomic E-state index is 6.11. The minimum absolute atomic E-state index is 0.372. The SMILES string of the molecule is C=CCOc1c(Cl)cccc1OC(=S)N1CCCC1. The van der Waals surface area contributed by atoms with E-state index in [9.17, 15) is 0 Å². The molecule has 1 aliphatic heterocycles. The van der Waals surface area contributed by atoms with Crippen LogP contribution in [0.25, 0.3) is 0 Å². The normalized spacial score (nSPS) is 14.3. The number of halogens is 1. The molecule has 2 rings (SSSR count). The zero-order chi connectivity index (χ0) is 13.7. The van der Waals surface area contributed by atoms with E-state index in [0.717, 1.165) is 25.9 Å². The molecule has 0 atom stereocenters. The Labute approximate surface area is 123 Å². The summed E-state index contributed by atoms with van der Waals surface area (Å²) < 4.78 is 11.2. The van der Waals surface area contributed by atoms with Crippen molar-refractivity contribution < 1.29 is 9.47 Å². The Kier molecular flexibility index (Phi) is 5.05. The summed E-state index contributed by atoms with van der Waals surface area (Å²) in [6, 6.07) is 5.36. The molecule has 0 unspecified atom stereocenters. The van der Waals surface area contributed by atoms with Gasteiger partial charge in [-0.25, -0.2) is 0 Å². The number of rotatable bonds is 4. The van der Waals surface area contributed by atoms with E-state index < -0.39 is 0 Å². The van der Waals surface area contributed by atoms with Gasteiger partial charge in [-0.05, 0) is 37.2 Å². The monoisotopic (exact) mass is 297 g/mol. The zero-order valence-electron chi connectivity index (χ0n) is 10.6. The smallest absolute Gasteiger partial charge is 0.264 e. The lowest BCUT2D eigenvalue weighted by Gasteiger charge is -2.19. The van der Waals surface area contributed by atoms with Gasteiger partial charge in [0.1, 0.15) is 6.61 Å². The molecule has 1 aromatic rings. The van der Waals surface area contributed by atoms with Crippen molar-refractivity contribution in [3.8, 4) is 11.5 Å². The van der Waals surface area contributed by atoms with Gasteiger partial charge in [-0.1, -0.05) is 30.3 Å². The molecule has 19 heavy (non-hydrogen) atoms. The van der Waals surface area contributed by atoms with Gasteiger partial charge in [0.2, 0.25) is 0 Å². The molecule has 1 aromatic carbocycles. The Morgan fingerprint density at radius 1 is 1.42 bits per heavy atom. The maximum Gasteiger partial charge on any atom is 0.264 e. The molecule has 1 heterocycles. The fourth-order valence-electron chi connectivity index (χ4n) is 1.91. The highest BCUT2D eigenvalue weighted by molar-refractivity contribution is 7.80. The fourth-order valence-corrected chi connectivity index (χ4v) is 2.40. The molecule has 1 saturated heterocycles. The lowest BCUT2D eigenvalue weighted by atomic mass is 10.3. The number of ether oxygens (including phenoxy) is 2. The summed E-state index contributed by atoms with van der Waals surface area (Å²) in [4.78, 5) is 2.05. The number of benzene rings is 1. The molecule has 0 radical (unpaired) electrons. The standard InChI is InChI=1S/C14H16ClNO2S/c1-2-10-17-13-11(15)6-5-7-12(13)18-14(19)16-8-3-4-9-16/h2,5-7H,1,3-4,8-10H2. The van der Waals surface area contributed by atoms with Crippen molar-refractivity contribution in [2.24, 2.45) is 0 Å².